The zero-order valence-corrected chi connectivity index (χ0v) is 24.1. The summed E-state index contributed by atoms with van der Waals surface area (Å²) < 4.78 is 1.08. The maximum atomic E-state index is 2.44. The highest BCUT2D eigenvalue weighted by Gasteiger charge is 2.28. The van der Waals surface area contributed by atoms with E-state index in [0.29, 0.717) is 0 Å². The molecule has 38 heavy (non-hydrogen) atoms. The smallest absolute Gasteiger partial charge is 0.105 e. The van der Waals surface area contributed by atoms with Crippen LogP contribution in [0.2, 0.25) is 0 Å². The number of allylic oxidation sites excluding steroid dienone is 2. The standard InChI is InChI=1S/C37H52N/c1-2-3-4-5-6-7-8-9-10-11-12-13-14-24-31-38(32-35-25-18-15-19-26-35,33-36-27-20-16-21-28-36)34-37-29-22-17-23-30-37/h9-10,15-23,25-30H,2-8,11-14,24,31-34H2,1H3/q+1/b10-9+. The number of nitrogens with zero attached hydrogens (tertiary/aromatic N) is 1. The van der Waals surface area contributed by atoms with Gasteiger partial charge in [0.25, 0.3) is 0 Å². The molecule has 1 heteroatoms. The van der Waals surface area contributed by atoms with E-state index in [2.05, 4.69) is 110 Å². The fourth-order valence-electron chi connectivity index (χ4n) is 5.66. The Morgan fingerprint density at radius 1 is 0.447 bits per heavy atom. The zero-order chi connectivity index (χ0) is 26.6. The highest BCUT2D eigenvalue weighted by Crippen LogP contribution is 2.26. The van der Waals surface area contributed by atoms with Crippen LogP contribution in [0.1, 0.15) is 101 Å². The fourth-order valence-corrected chi connectivity index (χ4v) is 5.66. The summed E-state index contributed by atoms with van der Waals surface area (Å²) in [6.07, 6.45) is 21.0. The predicted molar refractivity (Wildman–Crippen MR) is 166 cm³/mol. The Bertz CT molecular complexity index is 876. The molecule has 0 aliphatic heterocycles. The summed E-state index contributed by atoms with van der Waals surface area (Å²) in [7, 11) is 0. The van der Waals surface area contributed by atoms with Crippen molar-refractivity contribution in [1.82, 2.24) is 0 Å². The first-order chi connectivity index (χ1) is 18.8. The summed E-state index contributed by atoms with van der Waals surface area (Å²) in [5.74, 6) is 0. The summed E-state index contributed by atoms with van der Waals surface area (Å²) in [5.41, 5.74) is 4.32. The Labute approximate surface area is 234 Å². The second kappa shape index (κ2) is 18.6. The average molecular weight is 511 g/mol. The summed E-state index contributed by atoms with van der Waals surface area (Å²) >= 11 is 0. The van der Waals surface area contributed by atoms with E-state index in [1.54, 1.807) is 0 Å². The molecule has 1 nitrogen and oxygen atoms in total. The predicted octanol–water partition coefficient (Wildman–Crippen LogP) is 10.7. The molecule has 0 radical (unpaired) electrons. The molecule has 0 spiro atoms. The maximum Gasteiger partial charge on any atom is 0.105 e. The van der Waals surface area contributed by atoms with Crippen molar-refractivity contribution in [1.29, 1.82) is 0 Å². The third-order valence-corrected chi connectivity index (χ3v) is 7.73. The lowest BCUT2D eigenvalue weighted by atomic mass is 10.0. The number of unbranched alkanes of at least 4 members (excludes halogenated alkanes) is 10. The Hall–Kier alpha value is -2.64. The van der Waals surface area contributed by atoms with Crippen LogP contribution in [-0.4, -0.2) is 11.0 Å². The second-order valence-corrected chi connectivity index (χ2v) is 11.2. The lowest BCUT2D eigenvalue weighted by Crippen LogP contribution is -2.46. The monoisotopic (exact) mass is 510 g/mol. The molecule has 0 saturated heterocycles. The molecule has 0 aliphatic carbocycles. The molecule has 204 valence electrons. The SMILES string of the molecule is CCCCCCCC/C=C/CCCCCC[N+](Cc1ccccc1)(Cc1ccccc1)Cc1ccccc1. The van der Waals surface area contributed by atoms with Crippen LogP contribution in [0, 0.1) is 0 Å². The van der Waals surface area contributed by atoms with Gasteiger partial charge in [0.15, 0.2) is 0 Å². The van der Waals surface area contributed by atoms with Gasteiger partial charge in [-0.1, -0.05) is 149 Å². The van der Waals surface area contributed by atoms with Crippen molar-refractivity contribution in [2.75, 3.05) is 6.54 Å². The van der Waals surface area contributed by atoms with Crippen molar-refractivity contribution in [3.05, 3.63) is 120 Å². The van der Waals surface area contributed by atoms with Crippen LogP contribution in [-0.2, 0) is 19.6 Å². The van der Waals surface area contributed by atoms with Crippen molar-refractivity contribution in [3.63, 3.8) is 0 Å². The molecule has 0 saturated carbocycles. The van der Waals surface area contributed by atoms with Crippen molar-refractivity contribution in [2.24, 2.45) is 0 Å². The number of hydrogen-bond acceptors (Lipinski definition) is 0. The van der Waals surface area contributed by atoms with Crippen LogP contribution in [0.25, 0.3) is 0 Å². The second-order valence-electron chi connectivity index (χ2n) is 11.2. The zero-order valence-electron chi connectivity index (χ0n) is 24.1. The van der Waals surface area contributed by atoms with Crippen molar-refractivity contribution in [3.8, 4) is 0 Å². The first-order valence-corrected chi connectivity index (χ1v) is 15.4. The van der Waals surface area contributed by atoms with Gasteiger partial charge in [-0.3, -0.25) is 0 Å². The summed E-state index contributed by atoms with van der Waals surface area (Å²) in [4.78, 5) is 0. The molecular weight excluding hydrogens is 458 g/mol. The fraction of sp³-hybridized carbons (Fsp3) is 0.459. The molecule has 0 N–H and O–H groups in total. The van der Waals surface area contributed by atoms with Crippen molar-refractivity contribution < 1.29 is 4.48 Å². The van der Waals surface area contributed by atoms with Gasteiger partial charge < -0.3 is 4.48 Å². The van der Waals surface area contributed by atoms with Crippen LogP contribution >= 0.6 is 0 Å². The molecular formula is C37H52N+. The molecule has 0 fully saturated rings. The summed E-state index contributed by atoms with van der Waals surface area (Å²) in [6, 6.07) is 33.4. The lowest BCUT2D eigenvalue weighted by Gasteiger charge is -2.39. The third kappa shape index (κ3) is 12.3. The van der Waals surface area contributed by atoms with E-state index >= 15 is 0 Å². The highest BCUT2D eigenvalue weighted by molar-refractivity contribution is 5.17. The van der Waals surface area contributed by atoms with Crippen LogP contribution in [0.15, 0.2) is 103 Å². The number of hydrogen-bond donors (Lipinski definition) is 0. The first-order valence-electron chi connectivity index (χ1n) is 15.4. The van der Waals surface area contributed by atoms with E-state index < -0.39 is 0 Å². The largest absolute Gasteiger partial charge is 0.312 e. The number of benzene rings is 3. The van der Waals surface area contributed by atoms with E-state index in [9.17, 15) is 0 Å². The molecule has 0 bridgehead atoms. The summed E-state index contributed by atoms with van der Waals surface area (Å²) in [5, 5.41) is 0. The van der Waals surface area contributed by atoms with Gasteiger partial charge in [-0.25, -0.2) is 0 Å². The molecule has 0 unspecified atom stereocenters. The molecule has 3 aromatic rings. The first kappa shape index (κ1) is 29.9. The molecule has 0 amide bonds. The lowest BCUT2D eigenvalue weighted by molar-refractivity contribution is -0.966. The van der Waals surface area contributed by atoms with E-state index in [1.807, 2.05) is 0 Å². The van der Waals surface area contributed by atoms with Crippen LogP contribution in [0.4, 0.5) is 0 Å². The molecule has 0 aromatic heterocycles. The highest BCUT2D eigenvalue weighted by atomic mass is 15.3. The molecule has 3 aromatic carbocycles. The van der Waals surface area contributed by atoms with Crippen LogP contribution < -0.4 is 0 Å². The molecule has 0 aliphatic rings. The Morgan fingerprint density at radius 3 is 1.24 bits per heavy atom. The van der Waals surface area contributed by atoms with E-state index in [1.165, 1.54) is 100 Å². The summed E-state index contributed by atoms with van der Waals surface area (Å²) in [6.45, 7) is 6.73. The molecule has 3 rings (SSSR count). The average Bonchev–Trinajstić information content (AvgIpc) is 2.95. The number of rotatable bonds is 20. The molecule has 0 heterocycles. The minimum atomic E-state index is 1.08. The normalized spacial score (nSPS) is 11.8. The van der Waals surface area contributed by atoms with Gasteiger partial charge in [0.05, 0.1) is 6.54 Å². The minimum Gasteiger partial charge on any atom is -0.312 e. The molecule has 0 atom stereocenters. The Morgan fingerprint density at radius 2 is 0.816 bits per heavy atom. The van der Waals surface area contributed by atoms with Crippen molar-refractivity contribution in [2.45, 2.75) is 104 Å². The minimum absolute atomic E-state index is 1.08. The van der Waals surface area contributed by atoms with Gasteiger partial charge in [-0.05, 0) is 38.5 Å². The van der Waals surface area contributed by atoms with Crippen LogP contribution in [0.3, 0.4) is 0 Å². The topological polar surface area (TPSA) is 0 Å². The number of quaternary nitrogens is 1. The quantitative estimate of drug-likeness (QED) is 0.0805. The van der Waals surface area contributed by atoms with Gasteiger partial charge >= 0.3 is 0 Å². The van der Waals surface area contributed by atoms with Gasteiger partial charge in [-0.15, -0.1) is 0 Å². The third-order valence-electron chi connectivity index (χ3n) is 7.73. The van der Waals surface area contributed by atoms with Gasteiger partial charge in [-0.2, -0.15) is 0 Å². The van der Waals surface area contributed by atoms with Gasteiger partial charge in [0, 0.05) is 16.7 Å². The van der Waals surface area contributed by atoms with E-state index in [4.69, 9.17) is 0 Å². The van der Waals surface area contributed by atoms with E-state index in [0.717, 1.165) is 24.1 Å². The van der Waals surface area contributed by atoms with E-state index in [-0.39, 0.29) is 0 Å². The van der Waals surface area contributed by atoms with Crippen molar-refractivity contribution >= 4 is 0 Å². The van der Waals surface area contributed by atoms with Gasteiger partial charge in [0.1, 0.15) is 19.6 Å². The van der Waals surface area contributed by atoms with Crippen LogP contribution in [0.5, 0.6) is 0 Å². The Kier molecular flexibility index (Phi) is 14.6. The van der Waals surface area contributed by atoms with Gasteiger partial charge in [0.2, 0.25) is 0 Å². The maximum absolute atomic E-state index is 2.44. The Balaban J connectivity index is 1.52.